The molecule has 3 rings (SSSR count). The van der Waals surface area contributed by atoms with Crippen molar-refractivity contribution in [3.05, 3.63) is 39.2 Å². The number of alkyl halides is 1. The van der Waals surface area contributed by atoms with E-state index in [0.717, 1.165) is 40.7 Å². The van der Waals surface area contributed by atoms with Gasteiger partial charge in [-0.15, -0.1) is 22.9 Å². The summed E-state index contributed by atoms with van der Waals surface area (Å²) in [5, 5.41) is 3.75. The van der Waals surface area contributed by atoms with Crippen molar-refractivity contribution in [2.45, 2.75) is 25.8 Å². The van der Waals surface area contributed by atoms with Gasteiger partial charge in [0, 0.05) is 30.2 Å². The highest BCUT2D eigenvalue weighted by atomic mass is 35.5. The summed E-state index contributed by atoms with van der Waals surface area (Å²) in [7, 11) is 0. The molecule has 0 saturated carbocycles. The lowest BCUT2D eigenvalue weighted by atomic mass is 10.4. The van der Waals surface area contributed by atoms with Gasteiger partial charge in [-0.25, -0.2) is 15.0 Å². The van der Waals surface area contributed by atoms with Crippen molar-refractivity contribution in [1.29, 1.82) is 0 Å². The molecule has 3 aromatic heterocycles. The van der Waals surface area contributed by atoms with Gasteiger partial charge in [0.05, 0.1) is 15.9 Å². The monoisotopic (exact) mass is 326 g/mol. The SMILES string of the molecule is Cc1csc(CCn2c(CCl)nc3cc(Cl)cnc32)n1. The molecule has 0 aliphatic carbocycles. The number of aromatic nitrogens is 4. The molecule has 0 N–H and O–H groups in total. The van der Waals surface area contributed by atoms with Crippen LogP contribution in [-0.4, -0.2) is 19.5 Å². The number of aryl methyl sites for hydroxylation is 3. The highest BCUT2D eigenvalue weighted by Crippen LogP contribution is 2.20. The molecule has 0 aliphatic heterocycles. The first-order valence-corrected chi connectivity index (χ1v) is 7.94. The van der Waals surface area contributed by atoms with E-state index in [0.29, 0.717) is 10.9 Å². The molecule has 0 spiro atoms. The van der Waals surface area contributed by atoms with Crippen molar-refractivity contribution in [3.63, 3.8) is 0 Å². The highest BCUT2D eigenvalue weighted by molar-refractivity contribution is 7.09. The fraction of sp³-hybridized carbons (Fsp3) is 0.308. The quantitative estimate of drug-likeness (QED) is 0.684. The summed E-state index contributed by atoms with van der Waals surface area (Å²) >= 11 is 13.6. The third-order valence-electron chi connectivity index (χ3n) is 2.97. The van der Waals surface area contributed by atoms with E-state index in [1.807, 2.05) is 17.6 Å². The first-order chi connectivity index (χ1) is 9.67. The molecule has 104 valence electrons. The predicted octanol–water partition coefficient (Wildman–Crippen LogP) is 3.83. The summed E-state index contributed by atoms with van der Waals surface area (Å²) in [6, 6.07) is 1.81. The average molecular weight is 327 g/mol. The molecule has 20 heavy (non-hydrogen) atoms. The number of hydrogen-bond acceptors (Lipinski definition) is 4. The molecular formula is C13H12Cl2N4S. The van der Waals surface area contributed by atoms with Crippen LogP contribution in [0.25, 0.3) is 11.2 Å². The third kappa shape index (κ3) is 2.66. The molecular weight excluding hydrogens is 315 g/mol. The second kappa shape index (κ2) is 5.68. The molecule has 7 heteroatoms. The smallest absolute Gasteiger partial charge is 0.160 e. The fourth-order valence-corrected chi connectivity index (χ4v) is 3.22. The number of hydrogen-bond donors (Lipinski definition) is 0. The number of pyridine rings is 1. The third-order valence-corrected chi connectivity index (χ3v) is 4.44. The first kappa shape index (κ1) is 13.8. The van der Waals surface area contributed by atoms with Crippen LogP contribution in [0.2, 0.25) is 5.02 Å². The van der Waals surface area contributed by atoms with Crippen LogP contribution in [0.5, 0.6) is 0 Å². The van der Waals surface area contributed by atoms with Crippen molar-refractivity contribution in [1.82, 2.24) is 19.5 Å². The van der Waals surface area contributed by atoms with Gasteiger partial charge in [-0.05, 0) is 13.0 Å². The number of halogens is 2. The zero-order chi connectivity index (χ0) is 14.1. The van der Waals surface area contributed by atoms with Crippen LogP contribution in [0, 0.1) is 6.92 Å². The summed E-state index contributed by atoms with van der Waals surface area (Å²) in [6.45, 7) is 2.76. The molecule has 0 radical (unpaired) electrons. The summed E-state index contributed by atoms with van der Waals surface area (Å²) in [5.41, 5.74) is 2.66. The lowest BCUT2D eigenvalue weighted by molar-refractivity contribution is 0.679. The molecule has 3 aromatic rings. The van der Waals surface area contributed by atoms with Gasteiger partial charge < -0.3 is 4.57 Å². The van der Waals surface area contributed by atoms with Crippen molar-refractivity contribution >= 4 is 45.7 Å². The maximum Gasteiger partial charge on any atom is 0.160 e. The summed E-state index contributed by atoms with van der Waals surface area (Å²) in [4.78, 5) is 13.3. The van der Waals surface area contributed by atoms with Gasteiger partial charge in [-0.3, -0.25) is 0 Å². The van der Waals surface area contributed by atoms with E-state index in [-0.39, 0.29) is 0 Å². The molecule has 0 bridgehead atoms. The van der Waals surface area contributed by atoms with E-state index in [1.54, 1.807) is 17.5 Å². The fourth-order valence-electron chi connectivity index (χ4n) is 2.10. The second-order valence-electron chi connectivity index (χ2n) is 4.44. The minimum Gasteiger partial charge on any atom is -0.311 e. The van der Waals surface area contributed by atoms with Gasteiger partial charge >= 0.3 is 0 Å². The Bertz CT molecular complexity index is 750. The van der Waals surface area contributed by atoms with Crippen LogP contribution in [0.3, 0.4) is 0 Å². The number of thiazole rings is 1. The zero-order valence-electron chi connectivity index (χ0n) is 10.8. The van der Waals surface area contributed by atoms with Crippen LogP contribution < -0.4 is 0 Å². The van der Waals surface area contributed by atoms with Gasteiger partial charge in [0.25, 0.3) is 0 Å². The van der Waals surface area contributed by atoms with Crippen LogP contribution in [-0.2, 0) is 18.8 Å². The standard InChI is InChI=1S/C13H12Cl2N4S/c1-8-7-20-12(17-8)2-3-19-11(5-14)18-10-4-9(15)6-16-13(10)19/h4,6-7H,2-3,5H2,1H3. The number of imidazole rings is 1. The predicted molar refractivity (Wildman–Crippen MR) is 82.7 cm³/mol. The van der Waals surface area contributed by atoms with Gasteiger partial charge in [0.15, 0.2) is 5.65 Å². The second-order valence-corrected chi connectivity index (χ2v) is 6.09. The minimum absolute atomic E-state index is 0.352. The first-order valence-electron chi connectivity index (χ1n) is 6.15. The topological polar surface area (TPSA) is 43.6 Å². The van der Waals surface area contributed by atoms with E-state index in [9.17, 15) is 0 Å². The van der Waals surface area contributed by atoms with E-state index in [4.69, 9.17) is 23.2 Å². The van der Waals surface area contributed by atoms with E-state index in [1.165, 1.54) is 0 Å². The Hall–Kier alpha value is -1.17. The summed E-state index contributed by atoms with van der Waals surface area (Å²) in [5.74, 6) is 1.16. The Morgan fingerprint density at radius 2 is 2.20 bits per heavy atom. The number of rotatable bonds is 4. The van der Waals surface area contributed by atoms with Crippen molar-refractivity contribution in [2.75, 3.05) is 0 Å². The maximum absolute atomic E-state index is 5.97. The molecule has 0 amide bonds. The van der Waals surface area contributed by atoms with Crippen molar-refractivity contribution < 1.29 is 0 Å². The van der Waals surface area contributed by atoms with Gasteiger partial charge in [0.2, 0.25) is 0 Å². The maximum atomic E-state index is 5.97. The van der Waals surface area contributed by atoms with Gasteiger partial charge in [-0.2, -0.15) is 0 Å². The van der Waals surface area contributed by atoms with Crippen molar-refractivity contribution in [2.24, 2.45) is 0 Å². The van der Waals surface area contributed by atoms with Crippen LogP contribution in [0.15, 0.2) is 17.6 Å². The molecule has 3 heterocycles. The largest absolute Gasteiger partial charge is 0.311 e. The number of fused-ring (bicyclic) bond motifs is 1. The molecule has 0 unspecified atom stereocenters. The molecule has 0 atom stereocenters. The van der Waals surface area contributed by atoms with Crippen LogP contribution >= 0.6 is 34.5 Å². The minimum atomic E-state index is 0.352. The van der Waals surface area contributed by atoms with E-state index >= 15 is 0 Å². The van der Waals surface area contributed by atoms with Crippen LogP contribution in [0.4, 0.5) is 0 Å². The van der Waals surface area contributed by atoms with Gasteiger partial charge in [-0.1, -0.05) is 11.6 Å². The highest BCUT2D eigenvalue weighted by Gasteiger charge is 2.12. The average Bonchev–Trinajstić information content (AvgIpc) is 2.99. The van der Waals surface area contributed by atoms with Crippen molar-refractivity contribution in [3.8, 4) is 0 Å². The Kier molecular flexibility index (Phi) is 3.92. The van der Waals surface area contributed by atoms with E-state index < -0.39 is 0 Å². The Morgan fingerprint density at radius 1 is 1.35 bits per heavy atom. The van der Waals surface area contributed by atoms with Gasteiger partial charge in [0.1, 0.15) is 11.3 Å². The van der Waals surface area contributed by atoms with Crippen LogP contribution in [0.1, 0.15) is 16.5 Å². The Labute approximate surface area is 130 Å². The number of nitrogens with zero attached hydrogens (tertiary/aromatic N) is 4. The summed E-state index contributed by atoms with van der Waals surface area (Å²) in [6.07, 6.45) is 2.48. The zero-order valence-corrected chi connectivity index (χ0v) is 13.1. The normalized spacial score (nSPS) is 11.3. The lowest BCUT2D eigenvalue weighted by Gasteiger charge is -2.05. The molecule has 4 nitrogen and oxygen atoms in total. The van der Waals surface area contributed by atoms with E-state index in [2.05, 4.69) is 20.3 Å². The Balaban J connectivity index is 1.93. The lowest BCUT2D eigenvalue weighted by Crippen LogP contribution is -2.05. The summed E-state index contributed by atoms with van der Waals surface area (Å²) < 4.78 is 2.04. The molecule has 0 aromatic carbocycles. The molecule has 0 saturated heterocycles. The Morgan fingerprint density at radius 3 is 2.90 bits per heavy atom. The molecule has 0 fully saturated rings. The molecule has 0 aliphatic rings.